The average molecular weight is 417 g/mol. The number of rotatable bonds is 7. The van der Waals surface area contributed by atoms with E-state index in [1.807, 2.05) is 0 Å². The van der Waals surface area contributed by atoms with Crippen molar-refractivity contribution >= 4 is 44.8 Å². The van der Waals surface area contributed by atoms with Crippen molar-refractivity contribution in [3.05, 3.63) is 58.1 Å². The van der Waals surface area contributed by atoms with Crippen LogP contribution in [0.25, 0.3) is 0 Å². The van der Waals surface area contributed by atoms with Gasteiger partial charge in [-0.05, 0) is 42.5 Å². The highest BCUT2D eigenvalue weighted by molar-refractivity contribution is 7.92. The molecule has 2 rings (SSSR count). The lowest BCUT2D eigenvalue weighted by molar-refractivity contribution is 0.0937. The summed E-state index contributed by atoms with van der Waals surface area (Å²) in [7, 11) is -0.834. The Morgan fingerprint density at radius 3 is 2.38 bits per heavy atom. The van der Waals surface area contributed by atoms with Gasteiger partial charge in [0.15, 0.2) is 0 Å². The smallest absolute Gasteiger partial charge is 0.264 e. The summed E-state index contributed by atoms with van der Waals surface area (Å²) in [5.41, 5.74) is 0.585. The fraction of sp³-hybridized carbons (Fsp3) is 0.235. The lowest BCUT2D eigenvalue weighted by Gasteiger charge is -2.20. The first-order valence-corrected chi connectivity index (χ1v) is 9.78. The van der Waals surface area contributed by atoms with Crippen molar-refractivity contribution < 1.29 is 17.9 Å². The number of sulfonamides is 1. The Morgan fingerprint density at radius 1 is 1.15 bits per heavy atom. The van der Waals surface area contributed by atoms with Gasteiger partial charge in [0.25, 0.3) is 15.9 Å². The van der Waals surface area contributed by atoms with Crippen molar-refractivity contribution in [3.8, 4) is 0 Å². The van der Waals surface area contributed by atoms with Crippen LogP contribution in [0.2, 0.25) is 10.0 Å². The highest BCUT2D eigenvalue weighted by Crippen LogP contribution is 2.27. The normalized spacial score (nSPS) is 11.2. The van der Waals surface area contributed by atoms with Crippen LogP contribution in [0.4, 0.5) is 5.69 Å². The summed E-state index contributed by atoms with van der Waals surface area (Å²) in [4.78, 5) is 12.2. The molecule has 0 spiro atoms. The molecule has 0 saturated heterocycles. The number of benzene rings is 2. The Bertz CT molecular complexity index is 886. The molecule has 9 heteroatoms. The number of carbonyl (C=O) groups excluding carboxylic acids is 1. The highest BCUT2D eigenvalue weighted by atomic mass is 35.5. The molecule has 140 valence electrons. The molecule has 1 N–H and O–H groups in total. The van der Waals surface area contributed by atoms with Gasteiger partial charge in [0.2, 0.25) is 0 Å². The van der Waals surface area contributed by atoms with E-state index < -0.39 is 10.0 Å². The van der Waals surface area contributed by atoms with E-state index in [0.717, 1.165) is 4.31 Å². The molecule has 0 bridgehead atoms. The molecule has 6 nitrogen and oxygen atoms in total. The SMILES string of the molecule is COCCNC(=O)c1ccc(N(C)S(=O)(=O)c2ccc(Cl)cc2)cc1Cl. The van der Waals surface area contributed by atoms with Crippen LogP contribution in [0, 0.1) is 0 Å². The third kappa shape index (κ3) is 4.67. The van der Waals surface area contributed by atoms with Crippen LogP contribution in [0.5, 0.6) is 0 Å². The van der Waals surface area contributed by atoms with Crippen molar-refractivity contribution in [2.24, 2.45) is 0 Å². The lowest BCUT2D eigenvalue weighted by Crippen LogP contribution is -2.28. The average Bonchev–Trinajstić information content (AvgIpc) is 2.61. The van der Waals surface area contributed by atoms with E-state index in [4.69, 9.17) is 27.9 Å². The van der Waals surface area contributed by atoms with Crippen molar-refractivity contribution in [3.63, 3.8) is 0 Å². The van der Waals surface area contributed by atoms with Crippen molar-refractivity contribution in [2.75, 3.05) is 31.6 Å². The van der Waals surface area contributed by atoms with E-state index in [9.17, 15) is 13.2 Å². The van der Waals surface area contributed by atoms with Gasteiger partial charge in [0.1, 0.15) is 0 Å². The first-order valence-electron chi connectivity index (χ1n) is 7.58. The van der Waals surface area contributed by atoms with Crippen molar-refractivity contribution in [2.45, 2.75) is 4.90 Å². The molecule has 0 atom stereocenters. The van der Waals surface area contributed by atoms with E-state index in [2.05, 4.69) is 5.32 Å². The minimum Gasteiger partial charge on any atom is -0.383 e. The Balaban J connectivity index is 2.24. The zero-order valence-electron chi connectivity index (χ0n) is 14.2. The summed E-state index contributed by atoms with van der Waals surface area (Å²) in [5.74, 6) is -0.359. The summed E-state index contributed by atoms with van der Waals surface area (Å²) in [6, 6.07) is 10.3. The van der Waals surface area contributed by atoms with Crippen LogP contribution >= 0.6 is 23.2 Å². The second-order valence-corrected chi connectivity index (χ2v) is 8.15. The molecule has 0 heterocycles. The van der Waals surface area contributed by atoms with Gasteiger partial charge in [-0.3, -0.25) is 9.10 Å². The predicted octanol–water partition coefficient (Wildman–Crippen LogP) is 3.19. The number of methoxy groups -OCH3 is 1. The first kappa shape index (κ1) is 20.5. The first-order chi connectivity index (χ1) is 12.3. The Hall–Kier alpha value is -1.80. The zero-order chi connectivity index (χ0) is 19.3. The molecule has 1 amide bonds. The summed E-state index contributed by atoms with van der Waals surface area (Å²) < 4.78 is 31.3. The molecular formula is C17H18Cl2N2O4S. The van der Waals surface area contributed by atoms with Crippen LogP contribution in [0.15, 0.2) is 47.4 Å². The number of carbonyl (C=O) groups is 1. The van der Waals surface area contributed by atoms with Crippen LogP contribution in [0.1, 0.15) is 10.4 Å². The van der Waals surface area contributed by atoms with Crippen LogP contribution in [-0.4, -0.2) is 41.6 Å². The fourth-order valence-electron chi connectivity index (χ4n) is 2.15. The molecule has 0 aliphatic heterocycles. The Labute approximate surface area is 162 Å². The molecular weight excluding hydrogens is 399 g/mol. The largest absolute Gasteiger partial charge is 0.383 e. The second-order valence-electron chi connectivity index (χ2n) is 5.34. The third-order valence-corrected chi connectivity index (χ3v) is 5.99. The van der Waals surface area contributed by atoms with E-state index in [1.54, 1.807) is 0 Å². The standard InChI is InChI=1S/C17H18Cl2N2O4S/c1-21(26(23,24)14-6-3-12(18)4-7-14)13-5-8-15(16(19)11-13)17(22)20-9-10-25-2/h3-8,11H,9-10H2,1-2H3,(H,20,22). The second kappa shape index (κ2) is 8.73. The predicted molar refractivity (Wildman–Crippen MR) is 103 cm³/mol. The maximum atomic E-state index is 12.7. The molecule has 2 aromatic rings. The molecule has 2 aromatic carbocycles. The highest BCUT2D eigenvalue weighted by Gasteiger charge is 2.22. The topological polar surface area (TPSA) is 75.7 Å². The van der Waals surface area contributed by atoms with Crippen LogP contribution in [0.3, 0.4) is 0 Å². The molecule has 0 aliphatic carbocycles. The summed E-state index contributed by atoms with van der Waals surface area (Å²) >= 11 is 12.0. The number of hydrogen-bond donors (Lipinski definition) is 1. The van der Waals surface area contributed by atoms with Gasteiger partial charge < -0.3 is 10.1 Å². The number of amides is 1. The van der Waals surface area contributed by atoms with Gasteiger partial charge in [-0.15, -0.1) is 0 Å². The number of nitrogens with zero attached hydrogens (tertiary/aromatic N) is 1. The molecule has 0 saturated carbocycles. The molecule has 0 radical (unpaired) electrons. The third-order valence-electron chi connectivity index (χ3n) is 3.62. The quantitative estimate of drug-likeness (QED) is 0.703. The fourth-order valence-corrected chi connectivity index (χ4v) is 3.72. The van der Waals surface area contributed by atoms with E-state index in [-0.39, 0.29) is 21.4 Å². The molecule has 26 heavy (non-hydrogen) atoms. The van der Waals surface area contributed by atoms with Crippen molar-refractivity contribution in [1.29, 1.82) is 0 Å². The van der Waals surface area contributed by atoms with Crippen LogP contribution < -0.4 is 9.62 Å². The van der Waals surface area contributed by atoms with Gasteiger partial charge in [0, 0.05) is 25.7 Å². The maximum Gasteiger partial charge on any atom is 0.264 e. The lowest BCUT2D eigenvalue weighted by atomic mass is 10.2. The number of halogens is 2. The van der Waals surface area contributed by atoms with Crippen LogP contribution in [-0.2, 0) is 14.8 Å². The molecule has 0 unspecified atom stereocenters. The minimum absolute atomic E-state index is 0.0990. The Kier molecular flexibility index (Phi) is 6.88. The molecule has 0 fully saturated rings. The van der Waals surface area contributed by atoms with Gasteiger partial charge in [0.05, 0.1) is 27.8 Å². The summed E-state index contributed by atoms with van der Waals surface area (Å²) in [6.07, 6.45) is 0. The summed E-state index contributed by atoms with van der Waals surface area (Å²) in [6.45, 7) is 0.724. The van der Waals surface area contributed by atoms with Gasteiger partial charge in [-0.1, -0.05) is 23.2 Å². The van der Waals surface area contributed by atoms with Gasteiger partial charge in [-0.25, -0.2) is 8.42 Å². The maximum absolute atomic E-state index is 12.7. The molecule has 0 aromatic heterocycles. The number of anilines is 1. The van der Waals surface area contributed by atoms with Crippen molar-refractivity contribution in [1.82, 2.24) is 5.32 Å². The van der Waals surface area contributed by atoms with Gasteiger partial charge in [-0.2, -0.15) is 0 Å². The van der Waals surface area contributed by atoms with E-state index in [0.29, 0.717) is 23.9 Å². The number of ether oxygens (including phenoxy) is 1. The van der Waals surface area contributed by atoms with Gasteiger partial charge >= 0.3 is 0 Å². The number of hydrogen-bond acceptors (Lipinski definition) is 4. The number of nitrogens with one attached hydrogen (secondary N) is 1. The monoisotopic (exact) mass is 416 g/mol. The van der Waals surface area contributed by atoms with E-state index >= 15 is 0 Å². The summed E-state index contributed by atoms with van der Waals surface area (Å²) in [5, 5.41) is 3.25. The molecule has 0 aliphatic rings. The minimum atomic E-state index is -3.78. The van der Waals surface area contributed by atoms with E-state index in [1.165, 1.54) is 56.6 Å². The zero-order valence-corrected chi connectivity index (χ0v) is 16.5. The Morgan fingerprint density at radius 2 is 1.81 bits per heavy atom.